The van der Waals surface area contributed by atoms with Gasteiger partial charge >= 0.3 is 0 Å². The van der Waals surface area contributed by atoms with Crippen LogP contribution in [-0.4, -0.2) is 49.2 Å². The smallest absolute Gasteiger partial charge is 0.212 e. The fraction of sp³-hybridized carbons (Fsp3) is 0.368. The lowest BCUT2D eigenvalue weighted by Gasteiger charge is -2.35. The number of H-pyrrole nitrogens is 1. The molecule has 2 aromatic heterocycles. The molecule has 1 unspecified atom stereocenters. The number of fused-ring (bicyclic) bond motifs is 1. The van der Waals surface area contributed by atoms with Gasteiger partial charge in [-0.3, -0.25) is 0 Å². The third-order valence-electron chi connectivity index (χ3n) is 5.01. The predicted molar refractivity (Wildman–Crippen MR) is 107 cm³/mol. The average Bonchev–Trinajstić information content (AvgIpc) is 3.05. The Kier molecular flexibility index (Phi) is 4.72. The molecule has 0 radical (unpaired) electrons. The lowest BCUT2D eigenvalue weighted by molar-refractivity contribution is 0.0112. The molecule has 0 saturated carbocycles. The number of benzene rings is 1. The Morgan fingerprint density at radius 1 is 1.25 bits per heavy atom. The molecule has 0 bridgehead atoms. The molecule has 1 fully saturated rings. The summed E-state index contributed by atoms with van der Waals surface area (Å²) in [7, 11) is -3.81. The number of morpholine rings is 1. The lowest BCUT2D eigenvalue weighted by Crippen LogP contribution is -2.45. The second-order valence-electron chi connectivity index (χ2n) is 7.20. The van der Waals surface area contributed by atoms with Gasteiger partial charge in [0.15, 0.2) is 5.82 Å². The number of nitrogen functional groups attached to an aromatic ring is 1. The molecule has 3 N–H and O–H groups in total. The number of nitrogens with two attached hydrogens (primary N) is 1. The highest BCUT2D eigenvalue weighted by Crippen LogP contribution is 2.35. The van der Waals surface area contributed by atoms with Crippen LogP contribution in [0, 0.1) is 5.92 Å². The van der Waals surface area contributed by atoms with Crippen LogP contribution in [0.15, 0.2) is 46.5 Å². The minimum absolute atomic E-state index is 0.00832. The summed E-state index contributed by atoms with van der Waals surface area (Å²) in [5.74, 6) is 1.07. The molecule has 3 heterocycles. The van der Waals surface area contributed by atoms with E-state index in [2.05, 4.69) is 33.7 Å². The zero-order valence-corrected chi connectivity index (χ0v) is 16.6. The molecule has 3 aromatic rings. The van der Waals surface area contributed by atoms with Crippen molar-refractivity contribution in [3.8, 4) is 0 Å². The summed E-state index contributed by atoms with van der Waals surface area (Å²) in [6.07, 6.45) is 1.47. The first kappa shape index (κ1) is 18.7. The Labute approximate surface area is 163 Å². The molecule has 8 nitrogen and oxygen atoms in total. The highest BCUT2D eigenvalue weighted by molar-refractivity contribution is 7.92. The number of aromatic nitrogens is 3. The minimum Gasteiger partial charge on any atom is -0.384 e. The van der Waals surface area contributed by atoms with Crippen molar-refractivity contribution in [3.63, 3.8) is 0 Å². The van der Waals surface area contributed by atoms with Gasteiger partial charge in [0.2, 0.25) is 9.84 Å². The van der Waals surface area contributed by atoms with Crippen LogP contribution >= 0.6 is 0 Å². The quantitative estimate of drug-likeness (QED) is 0.689. The largest absolute Gasteiger partial charge is 0.384 e. The van der Waals surface area contributed by atoms with Gasteiger partial charge in [0.05, 0.1) is 17.6 Å². The van der Waals surface area contributed by atoms with Gasteiger partial charge in [0, 0.05) is 13.1 Å². The zero-order chi connectivity index (χ0) is 19.9. The van der Waals surface area contributed by atoms with Crippen LogP contribution in [0.3, 0.4) is 0 Å². The second kappa shape index (κ2) is 7.06. The van der Waals surface area contributed by atoms with Crippen LogP contribution < -0.4 is 10.6 Å². The molecule has 4 rings (SSSR count). The number of nitrogens with one attached hydrogen (secondary N) is 1. The van der Waals surface area contributed by atoms with Crippen LogP contribution in [0.5, 0.6) is 0 Å². The van der Waals surface area contributed by atoms with E-state index in [1.807, 2.05) is 0 Å². The maximum Gasteiger partial charge on any atom is 0.212 e. The van der Waals surface area contributed by atoms with E-state index in [1.165, 1.54) is 6.33 Å². The van der Waals surface area contributed by atoms with Crippen molar-refractivity contribution < 1.29 is 13.2 Å². The summed E-state index contributed by atoms with van der Waals surface area (Å²) in [4.78, 5) is 13.9. The summed E-state index contributed by atoms with van der Waals surface area (Å²) in [6.45, 7) is 6.14. The van der Waals surface area contributed by atoms with Crippen LogP contribution in [-0.2, 0) is 14.6 Å². The Balaban J connectivity index is 1.83. The van der Waals surface area contributed by atoms with Crippen LogP contribution in [0.1, 0.15) is 13.8 Å². The van der Waals surface area contributed by atoms with E-state index in [4.69, 9.17) is 10.5 Å². The molecule has 1 aliphatic rings. The Hall–Kier alpha value is -2.65. The average molecular weight is 401 g/mol. The number of anilines is 2. The molecule has 1 aliphatic heterocycles. The number of hydrogen-bond donors (Lipinski definition) is 2. The maximum atomic E-state index is 13.2. The minimum atomic E-state index is -3.81. The topological polar surface area (TPSA) is 114 Å². The number of rotatable bonds is 4. The fourth-order valence-electron chi connectivity index (χ4n) is 3.48. The molecule has 148 valence electrons. The number of ether oxygens (including phenoxy) is 1. The second-order valence-corrected chi connectivity index (χ2v) is 9.09. The Bertz CT molecular complexity index is 1100. The fourth-order valence-corrected chi connectivity index (χ4v) is 4.98. The monoisotopic (exact) mass is 401 g/mol. The van der Waals surface area contributed by atoms with Gasteiger partial charge in [0.25, 0.3) is 0 Å². The molecule has 1 saturated heterocycles. The summed E-state index contributed by atoms with van der Waals surface area (Å²) in [5.41, 5.74) is 6.94. The van der Waals surface area contributed by atoms with E-state index in [-0.39, 0.29) is 21.7 Å². The van der Waals surface area contributed by atoms with E-state index >= 15 is 0 Å². The van der Waals surface area contributed by atoms with Crippen LogP contribution in [0.25, 0.3) is 11.0 Å². The molecular formula is C19H23N5O3S. The van der Waals surface area contributed by atoms with Crippen molar-refractivity contribution in [1.29, 1.82) is 0 Å². The summed E-state index contributed by atoms with van der Waals surface area (Å²) >= 11 is 0. The zero-order valence-electron chi connectivity index (χ0n) is 15.8. The Morgan fingerprint density at radius 3 is 2.71 bits per heavy atom. The van der Waals surface area contributed by atoms with Gasteiger partial charge in [-0.25, -0.2) is 18.4 Å². The van der Waals surface area contributed by atoms with Gasteiger partial charge in [-0.15, -0.1) is 0 Å². The molecule has 9 heteroatoms. The molecule has 0 amide bonds. The number of sulfone groups is 1. The number of nitrogens with zero attached hydrogens (tertiary/aromatic N) is 3. The third kappa shape index (κ3) is 3.10. The normalized spacial score (nSPS) is 18.1. The van der Waals surface area contributed by atoms with E-state index in [0.29, 0.717) is 42.5 Å². The molecule has 1 aromatic carbocycles. The van der Waals surface area contributed by atoms with Gasteiger partial charge < -0.3 is 20.4 Å². The van der Waals surface area contributed by atoms with Crippen molar-refractivity contribution in [1.82, 2.24) is 15.0 Å². The molecule has 0 spiro atoms. The standard InChI is InChI=1S/C19H23N5O3S/c1-12(2)14-10-24(8-9-27-14)19-16-15(21-11-22-19)17(18(20)23-16)28(25,26)13-6-4-3-5-7-13/h3-7,11-12,14,23H,8-10,20H2,1-2H3. The van der Waals surface area contributed by atoms with Crippen molar-refractivity contribution >= 4 is 32.5 Å². The van der Waals surface area contributed by atoms with Gasteiger partial charge in [-0.1, -0.05) is 32.0 Å². The van der Waals surface area contributed by atoms with E-state index in [0.717, 1.165) is 0 Å². The van der Waals surface area contributed by atoms with Crippen molar-refractivity contribution in [2.75, 3.05) is 30.3 Å². The van der Waals surface area contributed by atoms with E-state index in [1.54, 1.807) is 30.3 Å². The third-order valence-corrected chi connectivity index (χ3v) is 6.85. The van der Waals surface area contributed by atoms with E-state index < -0.39 is 9.84 Å². The highest BCUT2D eigenvalue weighted by Gasteiger charge is 2.30. The van der Waals surface area contributed by atoms with Crippen molar-refractivity contribution in [2.45, 2.75) is 29.7 Å². The summed E-state index contributed by atoms with van der Waals surface area (Å²) in [6, 6.07) is 8.22. The number of aromatic amines is 1. The van der Waals surface area contributed by atoms with E-state index in [9.17, 15) is 8.42 Å². The molecule has 1 atom stereocenters. The van der Waals surface area contributed by atoms with Gasteiger partial charge in [-0.05, 0) is 18.1 Å². The highest BCUT2D eigenvalue weighted by atomic mass is 32.2. The van der Waals surface area contributed by atoms with Crippen molar-refractivity contribution in [3.05, 3.63) is 36.7 Å². The lowest BCUT2D eigenvalue weighted by atomic mass is 10.1. The summed E-state index contributed by atoms with van der Waals surface area (Å²) < 4.78 is 32.2. The molecule has 0 aliphatic carbocycles. The first-order chi connectivity index (χ1) is 13.4. The van der Waals surface area contributed by atoms with Gasteiger partial charge in [-0.2, -0.15) is 0 Å². The summed E-state index contributed by atoms with van der Waals surface area (Å²) in [5, 5.41) is 0. The molecular weight excluding hydrogens is 378 g/mol. The predicted octanol–water partition coefficient (Wildman–Crippen LogP) is 2.23. The first-order valence-corrected chi connectivity index (χ1v) is 10.7. The van der Waals surface area contributed by atoms with Crippen molar-refractivity contribution in [2.24, 2.45) is 5.92 Å². The SMILES string of the molecule is CC(C)C1CN(c2ncnc3c(S(=O)(=O)c4ccccc4)c(N)[nH]c23)CCO1. The maximum absolute atomic E-state index is 13.2. The Morgan fingerprint density at radius 2 is 2.00 bits per heavy atom. The molecule has 28 heavy (non-hydrogen) atoms. The van der Waals surface area contributed by atoms with Crippen LogP contribution in [0.4, 0.5) is 11.6 Å². The van der Waals surface area contributed by atoms with Gasteiger partial charge in [0.1, 0.15) is 28.1 Å². The number of hydrogen-bond acceptors (Lipinski definition) is 7. The first-order valence-electron chi connectivity index (χ1n) is 9.18. The van der Waals surface area contributed by atoms with Crippen LogP contribution in [0.2, 0.25) is 0 Å².